The second-order valence-corrected chi connectivity index (χ2v) is 7.39. The SMILES string of the molecule is CCc1cc(/C=C/C#N)cc(CC)c1B1OC(CC)(CC)C(CC)(CC)O1. The number of benzene rings is 1. The Morgan fingerprint density at radius 1 is 0.889 bits per heavy atom. The highest BCUT2D eigenvalue weighted by Crippen LogP contribution is 2.47. The van der Waals surface area contributed by atoms with Crippen LogP contribution in [0.2, 0.25) is 0 Å². The fourth-order valence-electron chi connectivity index (χ4n) is 4.81. The molecule has 0 radical (unpaired) electrons. The van der Waals surface area contributed by atoms with Crippen LogP contribution in [0.5, 0.6) is 0 Å². The normalized spacial score (nSPS) is 18.2. The lowest BCUT2D eigenvalue weighted by Crippen LogP contribution is -2.50. The van der Waals surface area contributed by atoms with Crippen molar-refractivity contribution in [1.29, 1.82) is 5.26 Å². The van der Waals surface area contributed by atoms with E-state index in [0.717, 1.165) is 44.1 Å². The van der Waals surface area contributed by atoms with Crippen LogP contribution in [0.3, 0.4) is 0 Å². The first-order valence-electron chi connectivity index (χ1n) is 10.6. The van der Waals surface area contributed by atoms with Gasteiger partial charge < -0.3 is 9.31 Å². The average molecular weight is 367 g/mol. The van der Waals surface area contributed by atoms with Crippen molar-refractivity contribution >= 4 is 18.7 Å². The van der Waals surface area contributed by atoms with Crippen molar-refractivity contribution in [3.8, 4) is 6.07 Å². The van der Waals surface area contributed by atoms with Gasteiger partial charge in [0.05, 0.1) is 17.3 Å². The molecule has 0 bridgehead atoms. The van der Waals surface area contributed by atoms with Crippen molar-refractivity contribution in [2.45, 2.75) is 91.3 Å². The number of hydrogen-bond donors (Lipinski definition) is 0. The van der Waals surface area contributed by atoms with E-state index in [1.165, 1.54) is 22.7 Å². The monoisotopic (exact) mass is 367 g/mol. The van der Waals surface area contributed by atoms with Gasteiger partial charge in [0, 0.05) is 6.08 Å². The first-order chi connectivity index (χ1) is 13.0. The van der Waals surface area contributed by atoms with Crippen molar-refractivity contribution in [2.24, 2.45) is 0 Å². The Kier molecular flexibility index (Phi) is 7.31. The van der Waals surface area contributed by atoms with Crippen molar-refractivity contribution < 1.29 is 9.31 Å². The number of nitriles is 1. The molecule has 0 saturated carbocycles. The van der Waals surface area contributed by atoms with Crippen LogP contribution in [-0.2, 0) is 22.2 Å². The second kappa shape index (κ2) is 9.08. The Bertz CT molecular complexity index is 667. The van der Waals surface area contributed by atoms with Gasteiger partial charge in [0.15, 0.2) is 0 Å². The summed E-state index contributed by atoms with van der Waals surface area (Å²) >= 11 is 0. The minimum atomic E-state index is -0.316. The number of nitrogens with zero attached hydrogens (tertiary/aromatic N) is 1. The Morgan fingerprint density at radius 2 is 1.33 bits per heavy atom. The molecule has 27 heavy (non-hydrogen) atoms. The highest BCUT2D eigenvalue weighted by atomic mass is 16.7. The van der Waals surface area contributed by atoms with Gasteiger partial charge in [0.2, 0.25) is 0 Å². The minimum Gasteiger partial charge on any atom is -0.399 e. The number of hydrogen-bond acceptors (Lipinski definition) is 3. The van der Waals surface area contributed by atoms with E-state index < -0.39 is 0 Å². The maximum Gasteiger partial charge on any atom is 0.495 e. The van der Waals surface area contributed by atoms with Gasteiger partial charge >= 0.3 is 7.12 Å². The smallest absolute Gasteiger partial charge is 0.399 e. The van der Waals surface area contributed by atoms with Crippen LogP contribution < -0.4 is 5.46 Å². The third-order valence-corrected chi connectivity index (χ3v) is 6.50. The largest absolute Gasteiger partial charge is 0.495 e. The zero-order valence-corrected chi connectivity index (χ0v) is 17.9. The van der Waals surface area contributed by atoms with Gasteiger partial charge in [-0.15, -0.1) is 0 Å². The summed E-state index contributed by atoms with van der Waals surface area (Å²) in [5.74, 6) is 0. The molecule has 3 nitrogen and oxygen atoms in total. The summed E-state index contributed by atoms with van der Waals surface area (Å²) in [6, 6.07) is 6.43. The molecule has 146 valence electrons. The van der Waals surface area contributed by atoms with Gasteiger partial charge in [0.1, 0.15) is 0 Å². The van der Waals surface area contributed by atoms with E-state index >= 15 is 0 Å². The van der Waals surface area contributed by atoms with Gasteiger partial charge in [-0.1, -0.05) is 53.7 Å². The molecule has 0 aromatic heterocycles. The lowest BCUT2D eigenvalue weighted by atomic mass is 9.71. The molecular formula is C23H34BNO2. The molecule has 1 aliphatic rings. The van der Waals surface area contributed by atoms with Crippen molar-refractivity contribution in [3.63, 3.8) is 0 Å². The molecule has 0 unspecified atom stereocenters. The van der Waals surface area contributed by atoms with Crippen LogP contribution in [0.4, 0.5) is 0 Å². The Labute approximate surface area is 165 Å². The minimum absolute atomic E-state index is 0.240. The molecule has 1 heterocycles. The van der Waals surface area contributed by atoms with E-state index in [1.54, 1.807) is 0 Å². The van der Waals surface area contributed by atoms with Gasteiger partial charge in [-0.05, 0) is 66.8 Å². The molecule has 1 fully saturated rings. The van der Waals surface area contributed by atoms with Crippen LogP contribution in [0.25, 0.3) is 6.08 Å². The number of rotatable bonds is 8. The molecule has 1 aromatic carbocycles. The van der Waals surface area contributed by atoms with Crippen molar-refractivity contribution in [2.75, 3.05) is 0 Å². The molecule has 1 aliphatic heterocycles. The lowest BCUT2D eigenvalue weighted by Gasteiger charge is -2.42. The maximum absolute atomic E-state index is 8.85. The predicted molar refractivity (Wildman–Crippen MR) is 114 cm³/mol. The third kappa shape index (κ3) is 3.73. The summed E-state index contributed by atoms with van der Waals surface area (Å²) < 4.78 is 13.5. The molecule has 0 amide bonds. The quantitative estimate of drug-likeness (QED) is 0.468. The summed E-state index contributed by atoms with van der Waals surface area (Å²) in [5.41, 5.74) is 4.29. The standard InChI is InChI=1S/C23H34BNO2/c1-7-19-16-18(14-13-15-25)17-20(8-2)21(19)24-26-22(9-3,10-4)23(11-5,12-6)27-24/h13-14,16-17H,7-12H2,1-6H3/b14-13+. The average Bonchev–Trinajstić information content (AvgIpc) is 3.06. The zero-order chi connectivity index (χ0) is 20.1. The topological polar surface area (TPSA) is 42.2 Å². The highest BCUT2D eigenvalue weighted by Gasteiger charge is 2.59. The molecular weight excluding hydrogens is 333 g/mol. The first kappa shape index (κ1) is 21.7. The van der Waals surface area contributed by atoms with Gasteiger partial charge in [-0.2, -0.15) is 5.26 Å². The second-order valence-electron chi connectivity index (χ2n) is 7.39. The van der Waals surface area contributed by atoms with Crippen LogP contribution in [0, 0.1) is 11.3 Å². The Morgan fingerprint density at radius 3 is 1.67 bits per heavy atom. The molecule has 0 aliphatic carbocycles. The molecule has 0 atom stereocenters. The third-order valence-electron chi connectivity index (χ3n) is 6.50. The summed E-state index contributed by atoms with van der Waals surface area (Å²) in [6.07, 6.45) is 9.05. The predicted octanol–water partition coefficient (Wildman–Crippen LogP) is 5.21. The molecule has 4 heteroatoms. The summed E-state index contributed by atoms with van der Waals surface area (Å²) in [5, 5.41) is 8.85. The fraction of sp³-hybridized carbons (Fsp3) is 0.609. The van der Waals surface area contributed by atoms with Crippen molar-refractivity contribution in [1.82, 2.24) is 0 Å². The summed E-state index contributed by atoms with van der Waals surface area (Å²) in [6.45, 7) is 13.2. The highest BCUT2D eigenvalue weighted by molar-refractivity contribution is 6.63. The lowest BCUT2D eigenvalue weighted by molar-refractivity contribution is -0.0601. The fourth-order valence-corrected chi connectivity index (χ4v) is 4.81. The summed E-state index contributed by atoms with van der Waals surface area (Å²) in [4.78, 5) is 0. The number of aryl methyl sites for hydroxylation is 2. The van der Waals surface area contributed by atoms with Gasteiger partial charge in [-0.25, -0.2) is 0 Å². The molecule has 1 aromatic rings. The van der Waals surface area contributed by atoms with E-state index in [2.05, 4.69) is 59.7 Å². The van der Waals surface area contributed by atoms with Crippen LogP contribution >= 0.6 is 0 Å². The molecule has 1 saturated heterocycles. The van der Waals surface area contributed by atoms with E-state index in [0.29, 0.717) is 0 Å². The van der Waals surface area contributed by atoms with Crippen molar-refractivity contribution in [3.05, 3.63) is 34.9 Å². The zero-order valence-electron chi connectivity index (χ0n) is 17.9. The Hall–Kier alpha value is -1.57. The van der Waals surface area contributed by atoms with E-state index in [9.17, 15) is 0 Å². The first-order valence-corrected chi connectivity index (χ1v) is 10.6. The van der Waals surface area contributed by atoms with Crippen LogP contribution in [0.15, 0.2) is 18.2 Å². The van der Waals surface area contributed by atoms with E-state index in [4.69, 9.17) is 14.6 Å². The van der Waals surface area contributed by atoms with Gasteiger partial charge in [0.25, 0.3) is 0 Å². The van der Waals surface area contributed by atoms with E-state index in [-0.39, 0.29) is 18.3 Å². The maximum atomic E-state index is 8.85. The molecule has 2 rings (SSSR count). The number of allylic oxidation sites excluding steroid dienone is 1. The Balaban J connectivity index is 2.58. The van der Waals surface area contributed by atoms with Crippen LogP contribution in [-0.4, -0.2) is 18.3 Å². The van der Waals surface area contributed by atoms with E-state index in [1.807, 2.05) is 6.08 Å². The molecule has 0 spiro atoms. The summed E-state index contributed by atoms with van der Waals surface area (Å²) in [7, 11) is -0.316. The molecule has 0 N–H and O–H groups in total. The van der Waals surface area contributed by atoms with Crippen LogP contribution in [0.1, 0.15) is 83.9 Å². The van der Waals surface area contributed by atoms with Gasteiger partial charge in [-0.3, -0.25) is 0 Å².